The molecule has 26 heavy (non-hydrogen) atoms. The highest BCUT2D eigenvalue weighted by molar-refractivity contribution is 5.93. The first kappa shape index (κ1) is 17.4. The van der Waals surface area contributed by atoms with E-state index in [0.717, 1.165) is 31.4 Å². The first-order chi connectivity index (χ1) is 12.3. The van der Waals surface area contributed by atoms with Gasteiger partial charge in [-0.25, -0.2) is 8.78 Å². The molecule has 2 atom stereocenters. The molecule has 4 fully saturated rings. The fourth-order valence-corrected chi connectivity index (χ4v) is 5.51. The van der Waals surface area contributed by atoms with Crippen LogP contribution < -0.4 is 5.32 Å². The fourth-order valence-electron chi connectivity index (χ4n) is 5.51. The summed E-state index contributed by atoms with van der Waals surface area (Å²) in [4.78, 5) is 24.6. The van der Waals surface area contributed by atoms with Crippen molar-refractivity contribution in [3.05, 3.63) is 29.8 Å². The van der Waals surface area contributed by atoms with Crippen LogP contribution in [0.2, 0.25) is 0 Å². The van der Waals surface area contributed by atoms with Crippen LogP contribution in [-0.2, 0) is 14.3 Å². The predicted molar refractivity (Wildman–Crippen MR) is 88.0 cm³/mol. The van der Waals surface area contributed by atoms with E-state index in [2.05, 4.69) is 5.32 Å². The van der Waals surface area contributed by atoms with Crippen molar-refractivity contribution in [2.24, 2.45) is 17.3 Å². The highest BCUT2D eigenvalue weighted by Crippen LogP contribution is 2.61. The van der Waals surface area contributed by atoms with E-state index in [1.807, 2.05) is 0 Å². The number of carbonyl (C=O) groups excluding carboxylic acids is 2. The molecule has 4 saturated carbocycles. The second kappa shape index (κ2) is 6.01. The maximum absolute atomic E-state index is 13.6. The third-order valence-corrected chi connectivity index (χ3v) is 6.00. The summed E-state index contributed by atoms with van der Waals surface area (Å²) in [5.41, 5.74) is -1.67. The zero-order valence-corrected chi connectivity index (χ0v) is 14.3. The van der Waals surface area contributed by atoms with Gasteiger partial charge in [0.15, 0.2) is 6.61 Å². The maximum atomic E-state index is 13.6. The molecule has 0 saturated heterocycles. The average Bonchev–Trinajstić information content (AvgIpc) is 2.53. The number of carbonyl (C=O) groups is 2. The van der Waals surface area contributed by atoms with Crippen LogP contribution >= 0.6 is 0 Å². The number of hydrogen-bond donors (Lipinski definition) is 2. The molecule has 4 aliphatic carbocycles. The summed E-state index contributed by atoms with van der Waals surface area (Å²) in [5, 5.41) is 12.9. The molecular formula is C19H21F2NO4. The van der Waals surface area contributed by atoms with Crippen LogP contribution in [0.4, 0.5) is 14.5 Å². The summed E-state index contributed by atoms with van der Waals surface area (Å²) in [5.74, 6) is -2.13. The third kappa shape index (κ3) is 3.09. The van der Waals surface area contributed by atoms with Crippen molar-refractivity contribution >= 4 is 17.6 Å². The van der Waals surface area contributed by atoms with Gasteiger partial charge in [0, 0.05) is 6.07 Å². The van der Waals surface area contributed by atoms with E-state index < -0.39 is 41.1 Å². The Hall–Kier alpha value is -2.02. The molecule has 2 N–H and O–H groups in total. The van der Waals surface area contributed by atoms with E-state index >= 15 is 0 Å². The molecule has 1 aromatic rings. The van der Waals surface area contributed by atoms with Gasteiger partial charge in [0.1, 0.15) is 11.6 Å². The SMILES string of the molecule is O=C(COC(=O)C12CC3CC(CC(O)(C3)C1)C2)Nc1ccc(F)cc1F. The Morgan fingerprint density at radius 3 is 2.50 bits per heavy atom. The normalized spacial score (nSPS) is 34.6. The molecule has 4 aliphatic rings. The molecule has 5 rings (SSSR count). The van der Waals surface area contributed by atoms with Crippen molar-refractivity contribution in [3.63, 3.8) is 0 Å². The van der Waals surface area contributed by atoms with E-state index in [9.17, 15) is 23.5 Å². The van der Waals surface area contributed by atoms with Crippen molar-refractivity contribution in [1.82, 2.24) is 0 Å². The number of anilines is 1. The number of benzene rings is 1. The van der Waals surface area contributed by atoms with Crippen molar-refractivity contribution in [3.8, 4) is 0 Å². The van der Waals surface area contributed by atoms with Gasteiger partial charge in [0.2, 0.25) is 0 Å². The summed E-state index contributed by atoms with van der Waals surface area (Å²) in [6, 6.07) is 2.80. The van der Waals surface area contributed by atoms with Gasteiger partial charge in [0.05, 0.1) is 16.7 Å². The summed E-state index contributed by atoms with van der Waals surface area (Å²) in [7, 11) is 0. The Kier molecular flexibility index (Phi) is 4.02. The molecule has 0 aromatic heterocycles. The molecule has 5 nitrogen and oxygen atoms in total. The number of aliphatic hydroxyl groups is 1. The quantitative estimate of drug-likeness (QED) is 0.805. The number of nitrogens with one attached hydrogen (secondary N) is 1. The molecule has 4 bridgehead atoms. The molecule has 140 valence electrons. The topological polar surface area (TPSA) is 75.6 Å². The van der Waals surface area contributed by atoms with Crippen LogP contribution in [0.15, 0.2) is 18.2 Å². The van der Waals surface area contributed by atoms with Crippen LogP contribution in [-0.4, -0.2) is 29.2 Å². The standard InChI is InChI=1S/C19H21F2NO4/c20-13-1-2-15(14(21)4-13)22-16(23)9-26-17(24)18-5-11-3-12(6-18)8-19(25,7-11)10-18/h1-2,4,11-12,25H,3,5-10H2,(H,22,23). The van der Waals surface area contributed by atoms with Crippen molar-refractivity contribution < 1.29 is 28.2 Å². The minimum absolute atomic E-state index is 0.170. The number of halogens is 2. The molecule has 0 spiro atoms. The van der Waals surface area contributed by atoms with Gasteiger partial charge >= 0.3 is 5.97 Å². The number of esters is 1. The van der Waals surface area contributed by atoms with Crippen molar-refractivity contribution in [2.45, 2.75) is 44.1 Å². The van der Waals surface area contributed by atoms with Crippen LogP contribution in [0.25, 0.3) is 0 Å². The molecule has 7 heteroatoms. The van der Waals surface area contributed by atoms with Crippen LogP contribution in [0.1, 0.15) is 38.5 Å². The molecule has 1 aromatic carbocycles. The number of ether oxygens (including phenoxy) is 1. The second-order valence-corrected chi connectivity index (χ2v) is 8.21. The maximum Gasteiger partial charge on any atom is 0.312 e. The van der Waals surface area contributed by atoms with E-state index in [1.165, 1.54) is 0 Å². The summed E-state index contributed by atoms with van der Waals surface area (Å²) >= 11 is 0. The minimum Gasteiger partial charge on any atom is -0.455 e. The molecule has 0 aliphatic heterocycles. The van der Waals surface area contributed by atoms with Gasteiger partial charge in [-0.3, -0.25) is 9.59 Å². The summed E-state index contributed by atoms with van der Waals surface area (Å²) < 4.78 is 31.7. The largest absolute Gasteiger partial charge is 0.455 e. The van der Waals surface area contributed by atoms with Gasteiger partial charge in [-0.1, -0.05) is 0 Å². The first-order valence-electron chi connectivity index (χ1n) is 8.92. The monoisotopic (exact) mass is 365 g/mol. The Labute approximate surface area is 149 Å². The van der Waals surface area contributed by atoms with Crippen molar-refractivity contribution in [1.29, 1.82) is 0 Å². The molecule has 0 radical (unpaired) electrons. The lowest BCUT2D eigenvalue weighted by Gasteiger charge is -2.58. The Balaban J connectivity index is 1.37. The lowest BCUT2D eigenvalue weighted by atomic mass is 9.48. The van der Waals surface area contributed by atoms with Gasteiger partial charge < -0.3 is 15.2 Å². The minimum atomic E-state index is -0.895. The highest BCUT2D eigenvalue weighted by atomic mass is 19.1. The zero-order chi connectivity index (χ0) is 18.5. The third-order valence-electron chi connectivity index (χ3n) is 6.00. The van der Waals surface area contributed by atoms with E-state index in [-0.39, 0.29) is 5.69 Å². The highest BCUT2D eigenvalue weighted by Gasteiger charge is 2.60. The molecular weight excluding hydrogens is 344 g/mol. The van der Waals surface area contributed by atoms with Crippen LogP contribution in [0.3, 0.4) is 0 Å². The lowest BCUT2D eigenvalue weighted by Crippen LogP contribution is -2.58. The number of amides is 1. The van der Waals surface area contributed by atoms with Crippen LogP contribution in [0.5, 0.6) is 0 Å². The number of rotatable bonds is 4. The molecule has 0 heterocycles. The summed E-state index contributed by atoms with van der Waals surface area (Å²) in [6.45, 7) is -0.537. The fraction of sp³-hybridized carbons (Fsp3) is 0.579. The average molecular weight is 365 g/mol. The Morgan fingerprint density at radius 2 is 1.88 bits per heavy atom. The van der Waals surface area contributed by atoms with E-state index in [0.29, 0.717) is 37.2 Å². The zero-order valence-electron chi connectivity index (χ0n) is 14.3. The van der Waals surface area contributed by atoms with Gasteiger partial charge in [0.25, 0.3) is 5.91 Å². The van der Waals surface area contributed by atoms with Gasteiger partial charge in [-0.15, -0.1) is 0 Å². The smallest absolute Gasteiger partial charge is 0.312 e. The molecule has 1 amide bonds. The van der Waals surface area contributed by atoms with Gasteiger partial charge in [-0.2, -0.15) is 0 Å². The lowest BCUT2D eigenvalue weighted by molar-refractivity contribution is -0.196. The van der Waals surface area contributed by atoms with E-state index in [4.69, 9.17) is 4.74 Å². The Morgan fingerprint density at radius 1 is 1.19 bits per heavy atom. The summed E-state index contributed by atoms with van der Waals surface area (Å²) in [6.07, 6.45) is 4.30. The van der Waals surface area contributed by atoms with Crippen LogP contribution in [0, 0.1) is 28.9 Å². The Bertz CT molecular complexity index is 752. The van der Waals surface area contributed by atoms with Gasteiger partial charge in [-0.05, 0) is 62.5 Å². The predicted octanol–water partition coefficient (Wildman–Crippen LogP) is 2.78. The van der Waals surface area contributed by atoms with Crippen molar-refractivity contribution in [2.75, 3.05) is 11.9 Å². The molecule has 2 unspecified atom stereocenters. The second-order valence-electron chi connectivity index (χ2n) is 8.21. The number of hydrogen-bond acceptors (Lipinski definition) is 4. The first-order valence-corrected chi connectivity index (χ1v) is 8.92. The van der Waals surface area contributed by atoms with E-state index in [1.54, 1.807) is 0 Å².